The molecule has 0 aromatic heterocycles. The first-order valence-electron chi connectivity index (χ1n) is 7.03. The Morgan fingerprint density at radius 3 is 2.53 bits per heavy atom. The number of hydrogen-bond acceptors (Lipinski definition) is 2. The number of benzene rings is 2. The molecule has 0 unspecified atom stereocenters. The van der Waals surface area contributed by atoms with E-state index in [1.165, 1.54) is 21.9 Å². The Hall–Kier alpha value is -1.38. The van der Waals surface area contributed by atoms with E-state index in [1.54, 1.807) is 0 Å². The van der Waals surface area contributed by atoms with Crippen LogP contribution in [0.3, 0.4) is 0 Å². The van der Waals surface area contributed by atoms with E-state index in [1.807, 2.05) is 0 Å². The number of nitrogens with one attached hydrogen (secondary N) is 1. The van der Waals surface area contributed by atoms with Crippen molar-refractivity contribution >= 4 is 10.8 Å². The molecule has 0 bridgehead atoms. The first-order chi connectivity index (χ1) is 9.23. The number of ether oxygens (including phenoxy) is 1. The van der Waals surface area contributed by atoms with Gasteiger partial charge in [-0.3, -0.25) is 0 Å². The number of rotatable bonds is 4. The molecule has 1 N–H and O–H groups in total. The van der Waals surface area contributed by atoms with Crippen molar-refractivity contribution in [2.75, 3.05) is 26.3 Å². The minimum Gasteiger partial charge on any atom is -0.379 e. The summed E-state index contributed by atoms with van der Waals surface area (Å²) >= 11 is 0. The summed E-state index contributed by atoms with van der Waals surface area (Å²) in [5.74, 6) is 0. The van der Waals surface area contributed by atoms with Crippen LogP contribution in [0, 0.1) is 6.92 Å². The monoisotopic (exact) mass is 255 g/mol. The summed E-state index contributed by atoms with van der Waals surface area (Å²) in [4.78, 5) is 0. The average Bonchev–Trinajstić information content (AvgIpc) is 2.37. The topological polar surface area (TPSA) is 21.3 Å². The molecule has 0 saturated carbocycles. The van der Waals surface area contributed by atoms with Crippen molar-refractivity contribution in [2.45, 2.75) is 19.3 Å². The molecule has 2 heteroatoms. The molecule has 2 aromatic carbocycles. The van der Waals surface area contributed by atoms with Crippen molar-refractivity contribution in [3.05, 3.63) is 47.5 Å². The van der Waals surface area contributed by atoms with Crippen molar-refractivity contribution in [1.82, 2.24) is 5.32 Å². The minimum atomic E-state index is 0.176. The summed E-state index contributed by atoms with van der Waals surface area (Å²) in [5.41, 5.74) is 2.89. The maximum Gasteiger partial charge on any atom is 0.0598 e. The zero-order valence-electron chi connectivity index (χ0n) is 11.7. The van der Waals surface area contributed by atoms with Crippen LogP contribution in [0.1, 0.15) is 18.1 Å². The summed E-state index contributed by atoms with van der Waals surface area (Å²) in [6.45, 7) is 7.96. The van der Waals surface area contributed by atoms with Gasteiger partial charge in [0.05, 0.1) is 18.6 Å². The summed E-state index contributed by atoms with van der Waals surface area (Å²) in [7, 11) is 0. The van der Waals surface area contributed by atoms with Crippen LogP contribution in [0.5, 0.6) is 0 Å². The van der Waals surface area contributed by atoms with Crippen LogP contribution in [0.4, 0.5) is 0 Å². The highest BCUT2D eigenvalue weighted by molar-refractivity contribution is 5.84. The van der Waals surface area contributed by atoms with E-state index in [2.05, 4.69) is 55.6 Å². The second-order valence-electron chi connectivity index (χ2n) is 5.62. The molecule has 1 heterocycles. The van der Waals surface area contributed by atoms with Crippen molar-refractivity contribution in [3.63, 3.8) is 0 Å². The molecule has 0 amide bonds. The second kappa shape index (κ2) is 4.95. The van der Waals surface area contributed by atoms with Gasteiger partial charge >= 0.3 is 0 Å². The molecule has 0 radical (unpaired) electrons. The van der Waals surface area contributed by atoms with Gasteiger partial charge in [-0.25, -0.2) is 0 Å². The lowest BCUT2D eigenvalue weighted by Gasteiger charge is -2.42. The fourth-order valence-corrected chi connectivity index (χ4v) is 2.78. The van der Waals surface area contributed by atoms with Gasteiger partial charge in [0.1, 0.15) is 0 Å². The lowest BCUT2D eigenvalue weighted by Crippen LogP contribution is -2.53. The highest BCUT2D eigenvalue weighted by Gasteiger charge is 2.39. The molecule has 19 heavy (non-hydrogen) atoms. The molecule has 2 aromatic rings. The molecular weight excluding hydrogens is 234 g/mol. The maximum atomic E-state index is 5.48. The van der Waals surface area contributed by atoms with Crippen LogP contribution in [-0.2, 0) is 10.2 Å². The van der Waals surface area contributed by atoms with Gasteiger partial charge in [-0.05, 0) is 29.8 Å². The Morgan fingerprint density at radius 2 is 1.84 bits per heavy atom. The van der Waals surface area contributed by atoms with Gasteiger partial charge in [0.25, 0.3) is 0 Å². The highest BCUT2D eigenvalue weighted by Crippen LogP contribution is 2.33. The van der Waals surface area contributed by atoms with E-state index in [0.29, 0.717) is 0 Å². The third-order valence-corrected chi connectivity index (χ3v) is 4.08. The molecule has 0 atom stereocenters. The smallest absolute Gasteiger partial charge is 0.0598 e. The fourth-order valence-electron chi connectivity index (χ4n) is 2.78. The Balaban J connectivity index is 1.97. The van der Waals surface area contributed by atoms with Crippen molar-refractivity contribution in [3.8, 4) is 0 Å². The predicted octanol–water partition coefficient (Wildman–Crippen LogP) is 3.03. The number of fused-ring (bicyclic) bond motifs is 1. The Morgan fingerprint density at radius 1 is 1.11 bits per heavy atom. The van der Waals surface area contributed by atoms with Gasteiger partial charge in [0.15, 0.2) is 0 Å². The van der Waals surface area contributed by atoms with Gasteiger partial charge < -0.3 is 10.1 Å². The number of aryl methyl sites for hydroxylation is 1. The van der Waals surface area contributed by atoms with Crippen LogP contribution in [-0.4, -0.2) is 26.3 Å². The quantitative estimate of drug-likeness (QED) is 0.906. The third-order valence-electron chi connectivity index (χ3n) is 4.08. The van der Waals surface area contributed by atoms with Gasteiger partial charge in [0, 0.05) is 6.54 Å². The molecule has 1 aliphatic heterocycles. The molecule has 1 fully saturated rings. The van der Waals surface area contributed by atoms with E-state index in [-0.39, 0.29) is 5.41 Å². The van der Waals surface area contributed by atoms with E-state index in [4.69, 9.17) is 4.74 Å². The van der Waals surface area contributed by atoms with Crippen molar-refractivity contribution < 1.29 is 4.74 Å². The molecule has 100 valence electrons. The Bertz CT molecular complexity index is 587. The molecule has 0 aliphatic carbocycles. The Labute approximate surface area is 114 Å². The van der Waals surface area contributed by atoms with Gasteiger partial charge in [-0.1, -0.05) is 48.9 Å². The van der Waals surface area contributed by atoms with Crippen LogP contribution in [0.25, 0.3) is 10.8 Å². The van der Waals surface area contributed by atoms with E-state index >= 15 is 0 Å². The Kier molecular flexibility index (Phi) is 3.29. The van der Waals surface area contributed by atoms with Crippen LogP contribution >= 0.6 is 0 Å². The lowest BCUT2D eigenvalue weighted by atomic mass is 9.78. The maximum absolute atomic E-state index is 5.48. The van der Waals surface area contributed by atoms with Crippen LogP contribution in [0.2, 0.25) is 0 Å². The van der Waals surface area contributed by atoms with E-state index in [9.17, 15) is 0 Å². The zero-order valence-corrected chi connectivity index (χ0v) is 11.7. The first kappa shape index (κ1) is 12.6. The molecular formula is C17H21NO. The van der Waals surface area contributed by atoms with Crippen LogP contribution < -0.4 is 5.32 Å². The summed E-state index contributed by atoms with van der Waals surface area (Å²) in [6.07, 6.45) is 0. The standard InChI is InChI=1S/C17H21NO/c1-3-18-10-17(11-19-12-17)16-7-6-14-8-13(2)4-5-15(14)9-16/h4-9,18H,3,10-12H2,1-2H3. The highest BCUT2D eigenvalue weighted by atomic mass is 16.5. The van der Waals surface area contributed by atoms with Gasteiger partial charge in [0.2, 0.25) is 0 Å². The third kappa shape index (κ3) is 2.26. The first-order valence-corrected chi connectivity index (χ1v) is 7.03. The number of hydrogen-bond donors (Lipinski definition) is 1. The fraction of sp³-hybridized carbons (Fsp3) is 0.412. The summed E-state index contributed by atoms with van der Waals surface area (Å²) in [5, 5.41) is 6.11. The van der Waals surface area contributed by atoms with Crippen LogP contribution in [0.15, 0.2) is 36.4 Å². The molecule has 1 saturated heterocycles. The average molecular weight is 255 g/mol. The molecule has 2 nitrogen and oxygen atoms in total. The minimum absolute atomic E-state index is 0.176. The van der Waals surface area contributed by atoms with Gasteiger partial charge in [-0.2, -0.15) is 0 Å². The summed E-state index contributed by atoms with van der Waals surface area (Å²) in [6, 6.07) is 13.5. The molecule has 1 aliphatic rings. The summed E-state index contributed by atoms with van der Waals surface area (Å²) < 4.78 is 5.48. The number of likely N-dealkylation sites (N-methyl/N-ethyl adjacent to an activating group) is 1. The van der Waals surface area contributed by atoms with Crippen molar-refractivity contribution in [1.29, 1.82) is 0 Å². The largest absolute Gasteiger partial charge is 0.379 e. The van der Waals surface area contributed by atoms with Gasteiger partial charge in [-0.15, -0.1) is 0 Å². The molecule has 3 rings (SSSR count). The SMILES string of the molecule is CCNCC1(c2ccc3cc(C)ccc3c2)COC1. The second-order valence-corrected chi connectivity index (χ2v) is 5.62. The van der Waals surface area contributed by atoms with E-state index in [0.717, 1.165) is 26.3 Å². The predicted molar refractivity (Wildman–Crippen MR) is 79.7 cm³/mol. The zero-order chi connectivity index (χ0) is 13.3. The lowest BCUT2D eigenvalue weighted by molar-refractivity contribution is -0.0587. The molecule has 0 spiro atoms. The van der Waals surface area contributed by atoms with E-state index < -0.39 is 0 Å². The normalized spacial score (nSPS) is 17.4. The van der Waals surface area contributed by atoms with Crippen molar-refractivity contribution in [2.24, 2.45) is 0 Å².